The van der Waals surface area contributed by atoms with Crippen LogP contribution >= 0.6 is 11.8 Å². The van der Waals surface area contributed by atoms with Crippen molar-refractivity contribution in [2.45, 2.75) is 31.2 Å². The van der Waals surface area contributed by atoms with Crippen molar-refractivity contribution >= 4 is 40.9 Å². The van der Waals surface area contributed by atoms with Gasteiger partial charge in [0.2, 0.25) is 5.91 Å². The fourth-order valence-electron chi connectivity index (χ4n) is 3.54. The molecule has 1 aliphatic carbocycles. The van der Waals surface area contributed by atoms with Gasteiger partial charge in [0.25, 0.3) is 0 Å². The Morgan fingerprint density at radius 2 is 1.87 bits per heavy atom. The number of esters is 1. The minimum Gasteiger partial charge on any atom is -0.467 e. The Labute approximate surface area is 180 Å². The molecule has 1 aliphatic rings. The number of methoxy groups -OCH3 is 1. The van der Waals surface area contributed by atoms with Gasteiger partial charge in [-0.2, -0.15) is 0 Å². The van der Waals surface area contributed by atoms with E-state index in [1.54, 1.807) is 24.8 Å². The number of carbonyl (C=O) groups is 2. The van der Waals surface area contributed by atoms with Gasteiger partial charge in [-0.15, -0.1) is 11.8 Å². The Morgan fingerprint density at radius 1 is 1.17 bits per heavy atom. The van der Waals surface area contributed by atoms with E-state index < -0.39 is 12.0 Å². The number of hydrogen-bond donors (Lipinski definition) is 1. The highest BCUT2D eigenvalue weighted by molar-refractivity contribution is 7.98. The minimum atomic E-state index is -0.748. The number of carbonyl (C=O) groups excluding carboxylic acids is 2. The molecule has 0 fully saturated rings. The first-order valence-electron chi connectivity index (χ1n) is 9.57. The molecule has 0 heterocycles. The van der Waals surface area contributed by atoms with E-state index in [1.165, 1.54) is 24.1 Å². The van der Waals surface area contributed by atoms with Crippen molar-refractivity contribution in [1.29, 1.82) is 0 Å². The van der Waals surface area contributed by atoms with E-state index in [0.717, 1.165) is 27.8 Å². The zero-order valence-corrected chi connectivity index (χ0v) is 18.2. The summed E-state index contributed by atoms with van der Waals surface area (Å²) >= 11 is 1.68. The molecule has 4 nitrogen and oxygen atoms in total. The van der Waals surface area contributed by atoms with Gasteiger partial charge in [0.15, 0.2) is 0 Å². The fourth-order valence-corrected chi connectivity index (χ4v) is 3.95. The van der Waals surface area contributed by atoms with Crippen molar-refractivity contribution < 1.29 is 18.7 Å². The SMILES string of the molecule is COC(=O)[C@@H](C)NC(=O)CC1=C(C)/C(=C/c2ccc(SC)cc2)c2ccc(F)cc21. The molecule has 1 atom stereocenters. The molecule has 1 N–H and O–H groups in total. The van der Waals surface area contributed by atoms with Gasteiger partial charge in [-0.05, 0) is 83.9 Å². The number of fused-ring (bicyclic) bond motifs is 1. The predicted octanol–water partition coefficient (Wildman–Crippen LogP) is 4.94. The Kier molecular flexibility index (Phi) is 6.77. The zero-order chi connectivity index (χ0) is 21.8. The Morgan fingerprint density at radius 3 is 2.50 bits per heavy atom. The molecular formula is C24H24FNO3S. The fraction of sp³-hybridized carbons (Fsp3) is 0.250. The van der Waals surface area contributed by atoms with Crippen LogP contribution in [0.15, 0.2) is 52.9 Å². The first-order chi connectivity index (χ1) is 14.3. The van der Waals surface area contributed by atoms with Crippen LogP contribution in [0, 0.1) is 5.82 Å². The lowest BCUT2D eigenvalue weighted by molar-refractivity contribution is -0.144. The quantitative estimate of drug-likeness (QED) is 0.526. The second-order valence-electron chi connectivity index (χ2n) is 7.11. The number of allylic oxidation sites excluding steroid dienone is 2. The van der Waals surface area contributed by atoms with Crippen LogP contribution in [0.2, 0.25) is 0 Å². The molecule has 0 saturated heterocycles. The topological polar surface area (TPSA) is 55.4 Å². The van der Waals surface area contributed by atoms with Crippen LogP contribution in [0.1, 0.15) is 37.0 Å². The number of amides is 1. The molecule has 0 saturated carbocycles. The predicted molar refractivity (Wildman–Crippen MR) is 119 cm³/mol. The van der Waals surface area contributed by atoms with E-state index in [-0.39, 0.29) is 18.1 Å². The molecule has 0 spiro atoms. The summed E-state index contributed by atoms with van der Waals surface area (Å²) in [6.07, 6.45) is 4.13. The average Bonchev–Trinajstić information content (AvgIpc) is 2.98. The number of hydrogen-bond acceptors (Lipinski definition) is 4. The van der Waals surface area contributed by atoms with Crippen LogP contribution in [0.4, 0.5) is 4.39 Å². The molecule has 0 aliphatic heterocycles. The van der Waals surface area contributed by atoms with Crippen LogP contribution in [-0.4, -0.2) is 31.3 Å². The molecule has 2 aromatic carbocycles. The maximum atomic E-state index is 14.0. The summed E-state index contributed by atoms with van der Waals surface area (Å²) in [7, 11) is 1.27. The first-order valence-corrected chi connectivity index (χ1v) is 10.8. The molecule has 156 valence electrons. The molecule has 3 rings (SSSR count). The summed E-state index contributed by atoms with van der Waals surface area (Å²) in [4.78, 5) is 25.3. The van der Waals surface area contributed by atoms with Crippen molar-refractivity contribution in [3.05, 3.63) is 70.5 Å². The Balaban J connectivity index is 1.95. The van der Waals surface area contributed by atoms with Gasteiger partial charge in [-0.1, -0.05) is 18.2 Å². The van der Waals surface area contributed by atoms with Crippen LogP contribution in [0.5, 0.6) is 0 Å². The monoisotopic (exact) mass is 425 g/mol. The number of nitrogens with one attached hydrogen (secondary N) is 1. The van der Waals surface area contributed by atoms with E-state index in [4.69, 9.17) is 0 Å². The molecule has 0 unspecified atom stereocenters. The van der Waals surface area contributed by atoms with E-state index in [9.17, 15) is 14.0 Å². The lowest BCUT2D eigenvalue weighted by atomic mass is 10.0. The van der Waals surface area contributed by atoms with Crippen molar-refractivity contribution in [2.75, 3.05) is 13.4 Å². The van der Waals surface area contributed by atoms with Crippen LogP contribution in [-0.2, 0) is 14.3 Å². The van der Waals surface area contributed by atoms with Crippen LogP contribution < -0.4 is 5.32 Å². The van der Waals surface area contributed by atoms with Crippen molar-refractivity contribution in [2.24, 2.45) is 0 Å². The van der Waals surface area contributed by atoms with Gasteiger partial charge in [0, 0.05) is 4.90 Å². The van der Waals surface area contributed by atoms with Gasteiger partial charge in [0.1, 0.15) is 11.9 Å². The van der Waals surface area contributed by atoms with E-state index in [0.29, 0.717) is 5.56 Å². The molecule has 30 heavy (non-hydrogen) atoms. The molecular weight excluding hydrogens is 401 g/mol. The second kappa shape index (κ2) is 9.30. The second-order valence-corrected chi connectivity index (χ2v) is 7.99. The number of rotatable bonds is 6. The zero-order valence-electron chi connectivity index (χ0n) is 17.4. The third-order valence-electron chi connectivity index (χ3n) is 5.15. The largest absolute Gasteiger partial charge is 0.467 e. The minimum absolute atomic E-state index is 0.0480. The third-order valence-corrected chi connectivity index (χ3v) is 5.89. The van der Waals surface area contributed by atoms with E-state index in [2.05, 4.69) is 28.3 Å². The number of thioether (sulfide) groups is 1. The average molecular weight is 426 g/mol. The summed E-state index contributed by atoms with van der Waals surface area (Å²) in [5, 5.41) is 2.64. The molecule has 6 heteroatoms. The van der Waals surface area contributed by atoms with Gasteiger partial charge in [0.05, 0.1) is 13.5 Å². The summed E-state index contributed by atoms with van der Waals surface area (Å²) < 4.78 is 18.6. The molecule has 1 amide bonds. The van der Waals surface area contributed by atoms with Crippen molar-refractivity contribution in [3.8, 4) is 0 Å². The molecule has 0 aromatic heterocycles. The Bertz CT molecular complexity index is 1040. The summed E-state index contributed by atoms with van der Waals surface area (Å²) in [5.74, 6) is -1.18. The summed E-state index contributed by atoms with van der Waals surface area (Å²) in [6, 6.07) is 12.1. The molecule has 2 aromatic rings. The van der Waals surface area contributed by atoms with Gasteiger partial charge in [-0.25, -0.2) is 9.18 Å². The van der Waals surface area contributed by atoms with Crippen molar-refractivity contribution in [3.63, 3.8) is 0 Å². The Hall–Kier alpha value is -2.86. The number of halogens is 1. The number of benzene rings is 2. The number of ether oxygens (including phenoxy) is 1. The lowest BCUT2D eigenvalue weighted by Gasteiger charge is -2.12. The first kappa shape index (κ1) is 21.8. The summed E-state index contributed by atoms with van der Waals surface area (Å²) in [5.41, 5.74) is 5.27. The van der Waals surface area contributed by atoms with Crippen LogP contribution in [0.3, 0.4) is 0 Å². The summed E-state index contributed by atoms with van der Waals surface area (Å²) in [6.45, 7) is 3.50. The van der Waals surface area contributed by atoms with E-state index >= 15 is 0 Å². The highest BCUT2D eigenvalue weighted by Crippen LogP contribution is 2.43. The van der Waals surface area contributed by atoms with Crippen LogP contribution in [0.25, 0.3) is 17.2 Å². The molecule has 0 radical (unpaired) electrons. The highest BCUT2D eigenvalue weighted by atomic mass is 32.2. The maximum Gasteiger partial charge on any atom is 0.328 e. The van der Waals surface area contributed by atoms with Gasteiger partial charge >= 0.3 is 5.97 Å². The normalized spacial score (nSPS) is 15.2. The standard InChI is InChI=1S/C24H24FNO3S/c1-14-20(11-16-5-8-18(30-4)9-6-16)19-10-7-17(25)12-22(19)21(14)13-23(27)26-15(2)24(28)29-3/h5-12,15H,13H2,1-4H3,(H,26,27)/b20-11-/t15-/m1/s1. The maximum absolute atomic E-state index is 14.0. The highest BCUT2D eigenvalue weighted by Gasteiger charge is 2.26. The smallest absolute Gasteiger partial charge is 0.328 e. The lowest BCUT2D eigenvalue weighted by Crippen LogP contribution is -2.39. The van der Waals surface area contributed by atoms with Gasteiger partial charge < -0.3 is 10.1 Å². The third kappa shape index (κ3) is 4.65. The van der Waals surface area contributed by atoms with Gasteiger partial charge in [-0.3, -0.25) is 4.79 Å². The van der Waals surface area contributed by atoms with E-state index in [1.807, 2.05) is 25.3 Å². The molecule has 0 bridgehead atoms. The van der Waals surface area contributed by atoms with Crippen molar-refractivity contribution in [1.82, 2.24) is 5.32 Å².